The van der Waals surface area contributed by atoms with Crippen LogP contribution in [0.25, 0.3) is 0 Å². The van der Waals surface area contributed by atoms with Crippen molar-refractivity contribution in [2.45, 2.75) is 57.8 Å². The van der Waals surface area contributed by atoms with Crippen molar-refractivity contribution in [3.05, 3.63) is 71.3 Å². The lowest BCUT2D eigenvalue weighted by Gasteiger charge is -2.32. The van der Waals surface area contributed by atoms with E-state index in [0.29, 0.717) is 0 Å². The van der Waals surface area contributed by atoms with Gasteiger partial charge in [0.25, 0.3) is 0 Å². The molecule has 1 N–H and O–H groups in total. The van der Waals surface area contributed by atoms with Crippen molar-refractivity contribution in [3.63, 3.8) is 0 Å². The molecule has 0 bridgehead atoms. The fraction of sp³-hybridized carbons (Fsp3) is 0.417. The number of benzene rings is 2. The van der Waals surface area contributed by atoms with Crippen molar-refractivity contribution in [1.29, 1.82) is 0 Å². The first-order valence-corrected chi connectivity index (χ1v) is 10.4. The normalized spacial score (nSPS) is 21.7. The van der Waals surface area contributed by atoms with Crippen LogP contribution < -0.4 is 5.32 Å². The minimum atomic E-state index is -0.860. The minimum absolute atomic E-state index is 0.119. The van der Waals surface area contributed by atoms with E-state index < -0.39 is 24.4 Å². The predicted octanol–water partition coefficient (Wildman–Crippen LogP) is 3.91. The molecule has 1 heterocycles. The van der Waals surface area contributed by atoms with E-state index in [9.17, 15) is 9.59 Å². The molecule has 1 aliphatic rings. The first kappa shape index (κ1) is 22.8. The Morgan fingerprint density at radius 2 is 1.65 bits per heavy atom. The lowest BCUT2D eigenvalue weighted by molar-refractivity contribution is -0.239. The van der Waals surface area contributed by atoms with E-state index in [1.165, 1.54) is 7.11 Å². The van der Waals surface area contributed by atoms with Crippen LogP contribution in [0.2, 0.25) is 0 Å². The van der Waals surface area contributed by atoms with Crippen LogP contribution >= 0.6 is 0 Å². The van der Waals surface area contributed by atoms with Gasteiger partial charge in [-0.3, -0.25) is 0 Å². The summed E-state index contributed by atoms with van der Waals surface area (Å²) in [5.74, 6) is -0.540. The molecule has 0 spiro atoms. The second-order valence-corrected chi connectivity index (χ2v) is 7.69. The Balaban J connectivity index is 1.58. The van der Waals surface area contributed by atoms with Crippen LogP contribution in [-0.4, -0.2) is 37.4 Å². The summed E-state index contributed by atoms with van der Waals surface area (Å²) in [6, 6.07) is 16.1. The van der Waals surface area contributed by atoms with E-state index in [0.717, 1.165) is 23.1 Å². The Labute approximate surface area is 182 Å². The third-order valence-corrected chi connectivity index (χ3v) is 5.06. The molecule has 2 aromatic carbocycles. The molecule has 1 aliphatic heterocycles. The Bertz CT molecular complexity index is 844. The van der Waals surface area contributed by atoms with Crippen molar-refractivity contribution in [3.8, 4) is 0 Å². The number of nitrogens with one attached hydrogen (secondary N) is 1. The van der Waals surface area contributed by atoms with Gasteiger partial charge >= 0.3 is 12.1 Å². The quantitative estimate of drug-likeness (QED) is 0.675. The molecule has 31 heavy (non-hydrogen) atoms. The zero-order valence-corrected chi connectivity index (χ0v) is 18.1. The van der Waals surface area contributed by atoms with Crippen molar-refractivity contribution in [2.24, 2.45) is 0 Å². The van der Waals surface area contributed by atoms with Crippen molar-refractivity contribution in [1.82, 2.24) is 5.32 Å². The Kier molecular flexibility index (Phi) is 8.03. The van der Waals surface area contributed by atoms with Gasteiger partial charge in [0.15, 0.2) is 6.29 Å². The molecular weight excluding hydrogens is 398 g/mol. The highest BCUT2D eigenvalue weighted by Gasteiger charge is 2.27. The van der Waals surface area contributed by atoms with Gasteiger partial charge in [-0.25, -0.2) is 9.59 Å². The van der Waals surface area contributed by atoms with Gasteiger partial charge in [0, 0.05) is 12.0 Å². The molecule has 0 aromatic heterocycles. The van der Waals surface area contributed by atoms with Crippen molar-refractivity contribution < 1.29 is 28.5 Å². The Morgan fingerprint density at radius 1 is 1.00 bits per heavy atom. The standard InChI is InChI=1S/C24H29NO6/c1-16-13-17(2)31-23(30-16)20-11-9-18(10-12-20)14-21(22(26)28-3)25-24(27)29-15-19-7-5-4-6-8-19/h4-12,16-17,21,23H,13-15H2,1-3H3,(H,25,27)/t16-,17-,21+/m1/s1. The maximum Gasteiger partial charge on any atom is 0.408 e. The van der Waals surface area contributed by atoms with Gasteiger partial charge in [0.1, 0.15) is 12.6 Å². The summed E-state index contributed by atoms with van der Waals surface area (Å²) < 4.78 is 21.8. The number of carbonyl (C=O) groups is 2. The van der Waals surface area contributed by atoms with E-state index in [1.54, 1.807) is 0 Å². The highest BCUT2D eigenvalue weighted by molar-refractivity contribution is 5.81. The fourth-order valence-corrected chi connectivity index (χ4v) is 3.48. The number of carbonyl (C=O) groups excluding carboxylic acids is 2. The third-order valence-electron chi connectivity index (χ3n) is 5.06. The molecular formula is C24H29NO6. The van der Waals surface area contributed by atoms with Gasteiger partial charge in [-0.15, -0.1) is 0 Å². The summed E-state index contributed by atoms with van der Waals surface area (Å²) in [6.45, 7) is 4.18. The molecule has 3 atom stereocenters. The summed E-state index contributed by atoms with van der Waals surface area (Å²) in [4.78, 5) is 24.4. The van der Waals surface area contributed by atoms with Crippen molar-refractivity contribution in [2.75, 3.05) is 7.11 Å². The van der Waals surface area contributed by atoms with Gasteiger partial charge < -0.3 is 24.3 Å². The molecule has 0 unspecified atom stereocenters. The number of hydrogen-bond donors (Lipinski definition) is 1. The fourth-order valence-electron chi connectivity index (χ4n) is 3.48. The highest BCUT2D eigenvalue weighted by Crippen LogP contribution is 2.29. The van der Waals surface area contributed by atoms with E-state index in [1.807, 2.05) is 68.4 Å². The van der Waals surface area contributed by atoms with Gasteiger partial charge in [-0.1, -0.05) is 54.6 Å². The summed E-state index contributed by atoms with van der Waals surface area (Å²) in [5.41, 5.74) is 2.63. The van der Waals surface area contributed by atoms with Crippen LogP contribution in [0.1, 0.15) is 43.2 Å². The molecule has 7 nitrogen and oxygen atoms in total. The summed E-state index contributed by atoms with van der Waals surface area (Å²) in [5, 5.41) is 2.59. The predicted molar refractivity (Wildman–Crippen MR) is 114 cm³/mol. The summed E-state index contributed by atoms with van der Waals surface area (Å²) in [6.07, 6.45) is 0.304. The summed E-state index contributed by atoms with van der Waals surface area (Å²) >= 11 is 0. The molecule has 166 valence electrons. The Hall–Kier alpha value is -2.90. The molecule has 0 saturated carbocycles. The highest BCUT2D eigenvalue weighted by atomic mass is 16.7. The molecule has 1 fully saturated rings. The van der Waals surface area contributed by atoms with Gasteiger partial charge in [-0.05, 0) is 31.4 Å². The summed E-state index contributed by atoms with van der Waals surface area (Å²) in [7, 11) is 1.29. The minimum Gasteiger partial charge on any atom is -0.467 e. The van der Waals surface area contributed by atoms with Crippen LogP contribution in [0.5, 0.6) is 0 Å². The van der Waals surface area contributed by atoms with Gasteiger partial charge in [0.2, 0.25) is 0 Å². The zero-order valence-electron chi connectivity index (χ0n) is 18.1. The third kappa shape index (κ3) is 6.80. The molecule has 2 aromatic rings. The van der Waals surface area contributed by atoms with Gasteiger partial charge in [-0.2, -0.15) is 0 Å². The largest absolute Gasteiger partial charge is 0.467 e. The molecule has 3 rings (SSSR count). The van der Waals surface area contributed by atoms with Crippen LogP contribution in [-0.2, 0) is 36.8 Å². The van der Waals surface area contributed by atoms with E-state index in [-0.39, 0.29) is 25.2 Å². The Morgan fingerprint density at radius 3 is 2.26 bits per heavy atom. The molecule has 0 aliphatic carbocycles. The second kappa shape index (κ2) is 10.9. The average Bonchev–Trinajstić information content (AvgIpc) is 2.77. The average molecular weight is 427 g/mol. The number of esters is 1. The monoisotopic (exact) mass is 427 g/mol. The van der Waals surface area contributed by atoms with Crippen molar-refractivity contribution >= 4 is 12.1 Å². The van der Waals surface area contributed by atoms with Crippen LogP contribution in [0.15, 0.2) is 54.6 Å². The number of amides is 1. The first-order chi connectivity index (χ1) is 14.9. The topological polar surface area (TPSA) is 83.1 Å². The number of alkyl carbamates (subject to hydrolysis) is 1. The number of hydrogen-bond acceptors (Lipinski definition) is 6. The molecule has 1 saturated heterocycles. The van der Waals surface area contributed by atoms with Crippen LogP contribution in [0.3, 0.4) is 0 Å². The smallest absolute Gasteiger partial charge is 0.408 e. The maximum absolute atomic E-state index is 12.2. The van der Waals surface area contributed by atoms with E-state index >= 15 is 0 Å². The maximum atomic E-state index is 12.2. The second-order valence-electron chi connectivity index (χ2n) is 7.69. The lowest BCUT2D eigenvalue weighted by atomic mass is 10.0. The van der Waals surface area contributed by atoms with Crippen LogP contribution in [0.4, 0.5) is 4.79 Å². The van der Waals surface area contributed by atoms with Gasteiger partial charge in [0.05, 0.1) is 19.3 Å². The number of methoxy groups -OCH3 is 1. The van der Waals surface area contributed by atoms with Crippen LogP contribution in [0, 0.1) is 0 Å². The lowest BCUT2D eigenvalue weighted by Crippen LogP contribution is -2.43. The first-order valence-electron chi connectivity index (χ1n) is 10.4. The number of rotatable bonds is 7. The van der Waals surface area contributed by atoms with E-state index in [4.69, 9.17) is 18.9 Å². The molecule has 7 heteroatoms. The SMILES string of the molecule is COC(=O)[C@H](Cc1ccc(C2O[C@H](C)C[C@@H](C)O2)cc1)NC(=O)OCc1ccccc1. The molecule has 1 amide bonds. The number of ether oxygens (including phenoxy) is 4. The molecule has 0 radical (unpaired) electrons. The van der Waals surface area contributed by atoms with E-state index in [2.05, 4.69) is 5.32 Å². The zero-order chi connectivity index (χ0) is 22.2.